The van der Waals surface area contributed by atoms with Crippen molar-refractivity contribution in [2.75, 3.05) is 6.54 Å². The van der Waals surface area contributed by atoms with Gasteiger partial charge in [0.2, 0.25) is 0 Å². The Morgan fingerprint density at radius 3 is 2.86 bits per heavy atom. The largest absolute Gasteiger partial charge is 0.444 e. The van der Waals surface area contributed by atoms with Gasteiger partial charge in [0.25, 0.3) is 0 Å². The molecule has 0 saturated carbocycles. The van der Waals surface area contributed by atoms with Crippen LogP contribution in [0.3, 0.4) is 0 Å². The van der Waals surface area contributed by atoms with Gasteiger partial charge < -0.3 is 14.5 Å². The van der Waals surface area contributed by atoms with Gasteiger partial charge in [-0.2, -0.15) is 0 Å². The summed E-state index contributed by atoms with van der Waals surface area (Å²) in [6.07, 6.45) is 2.80. The van der Waals surface area contributed by atoms with Crippen LogP contribution < -0.4 is 0 Å². The van der Waals surface area contributed by atoms with Crippen molar-refractivity contribution in [3.8, 4) is 0 Å². The van der Waals surface area contributed by atoms with Crippen LogP contribution in [-0.4, -0.2) is 33.1 Å². The maximum Gasteiger partial charge on any atom is 0.410 e. The van der Waals surface area contributed by atoms with Gasteiger partial charge in [0, 0.05) is 6.54 Å². The number of ether oxygens (including phenoxy) is 2. The minimum absolute atomic E-state index is 0.0265. The molecule has 6 nitrogen and oxygen atoms in total. The van der Waals surface area contributed by atoms with E-state index in [4.69, 9.17) is 14.5 Å². The molecule has 2 atom stereocenters. The van der Waals surface area contributed by atoms with E-state index in [0.29, 0.717) is 6.61 Å². The number of H-pyrrole nitrogens is 1. The fourth-order valence-electron chi connectivity index (χ4n) is 3.09. The molecule has 3 rings (SSSR count). The lowest BCUT2D eigenvalue weighted by Crippen LogP contribution is -2.42. The third-order valence-corrected chi connectivity index (χ3v) is 4.14. The van der Waals surface area contributed by atoms with Crippen LogP contribution in [0.2, 0.25) is 0 Å². The van der Waals surface area contributed by atoms with Gasteiger partial charge in [-0.1, -0.05) is 0 Å². The summed E-state index contributed by atoms with van der Waals surface area (Å²) in [5.74, 6) is 0.866. The summed E-state index contributed by atoms with van der Waals surface area (Å²) in [5, 5.41) is 0. The Bertz CT molecular complexity index is 561. The van der Waals surface area contributed by atoms with E-state index in [-0.39, 0.29) is 18.2 Å². The second-order valence-electron chi connectivity index (χ2n) is 7.12. The molecule has 3 heterocycles. The average molecular weight is 307 g/mol. The summed E-state index contributed by atoms with van der Waals surface area (Å²) in [5.41, 5.74) is 1.54. The van der Waals surface area contributed by atoms with Crippen molar-refractivity contribution in [2.45, 2.75) is 71.3 Å². The van der Waals surface area contributed by atoms with Crippen LogP contribution in [0.15, 0.2) is 0 Å². The number of hydrogen-bond donors (Lipinski definition) is 1. The Labute approximate surface area is 131 Å². The zero-order valence-electron chi connectivity index (χ0n) is 13.8. The minimum Gasteiger partial charge on any atom is -0.444 e. The number of aromatic nitrogens is 2. The van der Waals surface area contributed by atoms with E-state index in [2.05, 4.69) is 4.98 Å². The average Bonchev–Trinajstić information content (AvgIpc) is 3.00. The van der Waals surface area contributed by atoms with Crippen LogP contribution in [0.4, 0.5) is 4.79 Å². The number of hydrogen-bond acceptors (Lipinski definition) is 4. The summed E-state index contributed by atoms with van der Waals surface area (Å²) in [4.78, 5) is 22.3. The molecule has 2 aliphatic rings. The van der Waals surface area contributed by atoms with E-state index in [1.165, 1.54) is 0 Å². The number of aromatic amines is 1. The molecule has 0 aliphatic carbocycles. The number of carbonyl (C=O) groups is 1. The van der Waals surface area contributed by atoms with E-state index in [1.807, 2.05) is 32.6 Å². The zero-order valence-corrected chi connectivity index (χ0v) is 13.8. The molecule has 0 bridgehead atoms. The van der Waals surface area contributed by atoms with Gasteiger partial charge in [-0.3, -0.25) is 4.90 Å². The number of piperidine rings is 1. The molecule has 1 aromatic heterocycles. The standard InChI is InChI=1S/C16H25N3O3/c1-10-13-11(9-21-10)17-14(18-13)12-7-5-6-8-19(12)15(20)22-16(2,3)4/h10,12H,5-9H2,1-4H3,(H,17,18). The quantitative estimate of drug-likeness (QED) is 0.862. The number of nitrogens with zero attached hydrogens (tertiary/aromatic N) is 2. The maximum atomic E-state index is 12.5. The SMILES string of the molecule is CC1OCc2[nH]c(C3CCCCN3C(=O)OC(C)(C)C)nc21. The Kier molecular flexibility index (Phi) is 3.89. The van der Waals surface area contributed by atoms with Gasteiger partial charge in [-0.05, 0) is 47.0 Å². The number of rotatable bonds is 1. The Morgan fingerprint density at radius 2 is 2.18 bits per heavy atom. The smallest absolute Gasteiger partial charge is 0.410 e. The third kappa shape index (κ3) is 2.97. The van der Waals surface area contributed by atoms with Gasteiger partial charge >= 0.3 is 6.09 Å². The normalized spacial score (nSPS) is 25.2. The highest BCUT2D eigenvalue weighted by Crippen LogP contribution is 2.35. The third-order valence-electron chi connectivity index (χ3n) is 4.14. The summed E-state index contributed by atoms with van der Waals surface area (Å²) in [6.45, 7) is 8.97. The molecule has 1 amide bonds. The first kappa shape index (κ1) is 15.3. The van der Waals surface area contributed by atoms with Crippen LogP contribution in [0.1, 0.15) is 76.3 Å². The van der Waals surface area contributed by atoms with Crippen molar-refractivity contribution >= 4 is 6.09 Å². The second-order valence-corrected chi connectivity index (χ2v) is 7.12. The van der Waals surface area contributed by atoms with Gasteiger partial charge in [0.1, 0.15) is 11.4 Å². The maximum absolute atomic E-state index is 12.5. The highest BCUT2D eigenvalue weighted by atomic mass is 16.6. The Morgan fingerprint density at radius 1 is 1.41 bits per heavy atom. The van der Waals surface area contributed by atoms with Gasteiger partial charge in [0.05, 0.1) is 30.1 Å². The molecule has 0 spiro atoms. The first-order valence-electron chi connectivity index (χ1n) is 8.05. The van der Waals surface area contributed by atoms with Crippen LogP contribution in [0.25, 0.3) is 0 Å². The molecule has 1 saturated heterocycles. The second kappa shape index (κ2) is 5.57. The van der Waals surface area contributed by atoms with Gasteiger partial charge in [-0.15, -0.1) is 0 Å². The van der Waals surface area contributed by atoms with Crippen molar-refractivity contribution in [1.82, 2.24) is 14.9 Å². The van der Waals surface area contributed by atoms with E-state index in [9.17, 15) is 4.79 Å². The number of carbonyl (C=O) groups excluding carboxylic acids is 1. The lowest BCUT2D eigenvalue weighted by molar-refractivity contribution is 0.00832. The fraction of sp³-hybridized carbons (Fsp3) is 0.750. The Hall–Kier alpha value is -1.56. The molecule has 1 fully saturated rings. The molecule has 2 aliphatic heterocycles. The molecule has 1 aromatic rings. The first-order chi connectivity index (χ1) is 10.3. The molecular weight excluding hydrogens is 282 g/mol. The lowest BCUT2D eigenvalue weighted by Gasteiger charge is -2.35. The van der Waals surface area contributed by atoms with Gasteiger partial charge in [-0.25, -0.2) is 9.78 Å². The van der Waals surface area contributed by atoms with E-state index in [0.717, 1.165) is 43.0 Å². The van der Waals surface area contributed by atoms with Crippen molar-refractivity contribution < 1.29 is 14.3 Å². The number of fused-ring (bicyclic) bond motifs is 1. The van der Waals surface area contributed by atoms with E-state index >= 15 is 0 Å². The van der Waals surface area contributed by atoms with Crippen molar-refractivity contribution in [3.63, 3.8) is 0 Å². The van der Waals surface area contributed by atoms with E-state index < -0.39 is 5.60 Å². The molecule has 22 heavy (non-hydrogen) atoms. The monoisotopic (exact) mass is 307 g/mol. The molecule has 0 aromatic carbocycles. The molecule has 0 radical (unpaired) electrons. The molecule has 2 unspecified atom stereocenters. The van der Waals surface area contributed by atoms with Crippen LogP contribution in [0.5, 0.6) is 0 Å². The summed E-state index contributed by atoms with van der Waals surface area (Å²) < 4.78 is 11.1. The van der Waals surface area contributed by atoms with Gasteiger partial charge in [0.15, 0.2) is 0 Å². The van der Waals surface area contributed by atoms with Crippen LogP contribution in [0, 0.1) is 0 Å². The van der Waals surface area contributed by atoms with Crippen molar-refractivity contribution in [2.24, 2.45) is 0 Å². The summed E-state index contributed by atoms with van der Waals surface area (Å²) in [7, 11) is 0. The highest BCUT2D eigenvalue weighted by molar-refractivity contribution is 5.68. The number of amides is 1. The van der Waals surface area contributed by atoms with E-state index in [1.54, 1.807) is 0 Å². The fourth-order valence-corrected chi connectivity index (χ4v) is 3.09. The molecule has 122 valence electrons. The predicted molar refractivity (Wildman–Crippen MR) is 81.3 cm³/mol. The number of likely N-dealkylation sites (tertiary alicyclic amines) is 1. The predicted octanol–water partition coefficient (Wildman–Crippen LogP) is 3.46. The number of nitrogens with one attached hydrogen (secondary N) is 1. The van der Waals surface area contributed by atoms with Crippen molar-refractivity contribution in [1.29, 1.82) is 0 Å². The minimum atomic E-state index is -0.480. The molecule has 6 heteroatoms. The molecule has 1 N–H and O–H groups in total. The lowest BCUT2D eigenvalue weighted by atomic mass is 10.0. The zero-order chi connectivity index (χ0) is 15.9. The Balaban J connectivity index is 1.81. The van der Waals surface area contributed by atoms with Crippen LogP contribution >= 0.6 is 0 Å². The van der Waals surface area contributed by atoms with Crippen molar-refractivity contribution in [3.05, 3.63) is 17.2 Å². The topological polar surface area (TPSA) is 67.5 Å². The van der Waals surface area contributed by atoms with Crippen LogP contribution in [-0.2, 0) is 16.1 Å². The first-order valence-corrected chi connectivity index (χ1v) is 8.05. The number of imidazole rings is 1. The highest BCUT2D eigenvalue weighted by Gasteiger charge is 2.35. The summed E-state index contributed by atoms with van der Waals surface area (Å²) >= 11 is 0. The summed E-state index contributed by atoms with van der Waals surface area (Å²) in [6, 6.07) is -0.0265. The molecular formula is C16H25N3O3.